The first-order chi connectivity index (χ1) is 16.2. The van der Waals surface area contributed by atoms with E-state index >= 15 is 0 Å². The summed E-state index contributed by atoms with van der Waals surface area (Å²) >= 11 is 0. The highest BCUT2D eigenvalue weighted by Gasteiger charge is 2.43. The molecule has 174 valence electrons. The molecule has 4 aromatic rings. The molecule has 0 aliphatic rings. The summed E-state index contributed by atoms with van der Waals surface area (Å²) in [5.74, 6) is 0.216. The van der Waals surface area contributed by atoms with Crippen molar-refractivity contribution >= 4 is 5.95 Å². The molecule has 0 fully saturated rings. The van der Waals surface area contributed by atoms with Gasteiger partial charge in [0.05, 0.1) is 12.8 Å². The normalized spacial score (nSPS) is 12.3. The lowest BCUT2D eigenvalue weighted by molar-refractivity contribution is -0.198. The zero-order chi connectivity index (χ0) is 24.3. The van der Waals surface area contributed by atoms with E-state index in [-0.39, 0.29) is 17.4 Å². The van der Waals surface area contributed by atoms with Crippen molar-refractivity contribution in [2.45, 2.75) is 19.2 Å². The van der Waals surface area contributed by atoms with Crippen molar-refractivity contribution in [3.63, 3.8) is 0 Å². The number of nitrogens with two attached hydrogens (primary N) is 1. The summed E-state index contributed by atoms with van der Waals surface area (Å²) in [6.07, 6.45) is -6.91. The van der Waals surface area contributed by atoms with E-state index in [1.807, 2.05) is 37.3 Å². The summed E-state index contributed by atoms with van der Waals surface area (Å²) < 4.78 is 52.5. The number of benzene rings is 3. The number of ether oxygens (including phenoxy) is 2. The van der Waals surface area contributed by atoms with E-state index in [0.29, 0.717) is 17.0 Å². The highest BCUT2D eigenvalue weighted by molar-refractivity contribution is 5.65. The number of halogens is 3. The summed E-state index contributed by atoms with van der Waals surface area (Å²) in [6, 6.07) is 22.0. The molecule has 34 heavy (non-hydrogen) atoms. The molecule has 0 saturated carbocycles. The number of hydrogen-bond donors (Lipinski definition) is 1. The van der Waals surface area contributed by atoms with Crippen molar-refractivity contribution in [2.24, 2.45) is 0 Å². The lowest BCUT2D eigenvalue weighted by Crippen LogP contribution is -2.26. The smallest absolute Gasteiger partial charge is 0.429 e. The lowest BCUT2D eigenvalue weighted by Gasteiger charge is -2.22. The van der Waals surface area contributed by atoms with Gasteiger partial charge in [0.25, 0.3) is 0 Å². The number of hydrogen-bond acceptors (Lipinski definition) is 5. The quantitative estimate of drug-likeness (QED) is 0.357. The van der Waals surface area contributed by atoms with Crippen LogP contribution in [-0.2, 0) is 0 Å². The molecule has 0 saturated heterocycles. The summed E-state index contributed by atoms with van der Waals surface area (Å²) in [7, 11) is 1.55. The second-order valence-electron chi connectivity index (χ2n) is 7.71. The predicted molar refractivity (Wildman–Crippen MR) is 124 cm³/mol. The Hall–Kier alpha value is -4.07. The van der Waals surface area contributed by atoms with E-state index in [0.717, 1.165) is 16.7 Å². The lowest BCUT2D eigenvalue weighted by atomic mass is 10.0. The van der Waals surface area contributed by atoms with Crippen LogP contribution in [-0.4, -0.2) is 23.3 Å². The van der Waals surface area contributed by atoms with Crippen LogP contribution in [0.25, 0.3) is 22.4 Å². The average molecular weight is 465 g/mol. The van der Waals surface area contributed by atoms with Crippen molar-refractivity contribution < 1.29 is 22.6 Å². The second-order valence-corrected chi connectivity index (χ2v) is 7.71. The van der Waals surface area contributed by atoms with Crippen molar-refractivity contribution in [1.82, 2.24) is 9.97 Å². The third-order valence-corrected chi connectivity index (χ3v) is 5.22. The molecular weight excluding hydrogens is 443 g/mol. The van der Waals surface area contributed by atoms with Gasteiger partial charge in [-0.15, -0.1) is 0 Å². The van der Waals surface area contributed by atoms with Gasteiger partial charge in [-0.05, 0) is 30.2 Å². The fourth-order valence-electron chi connectivity index (χ4n) is 3.47. The topological polar surface area (TPSA) is 70.3 Å². The van der Waals surface area contributed by atoms with Gasteiger partial charge in [-0.25, -0.2) is 4.98 Å². The van der Waals surface area contributed by atoms with Gasteiger partial charge >= 0.3 is 6.18 Å². The Balaban J connectivity index is 1.64. The molecule has 0 spiro atoms. The van der Waals surface area contributed by atoms with Gasteiger partial charge in [0.2, 0.25) is 17.9 Å². The van der Waals surface area contributed by atoms with Gasteiger partial charge in [0, 0.05) is 17.2 Å². The number of alkyl halides is 3. The van der Waals surface area contributed by atoms with E-state index in [2.05, 4.69) is 9.97 Å². The molecule has 0 amide bonds. The van der Waals surface area contributed by atoms with Crippen molar-refractivity contribution in [3.8, 4) is 34.0 Å². The monoisotopic (exact) mass is 465 g/mol. The number of nitrogen functional groups attached to an aromatic ring is 1. The van der Waals surface area contributed by atoms with Gasteiger partial charge < -0.3 is 15.2 Å². The van der Waals surface area contributed by atoms with Crippen LogP contribution in [0.4, 0.5) is 19.1 Å². The molecule has 5 nitrogen and oxygen atoms in total. The van der Waals surface area contributed by atoms with Crippen LogP contribution in [0.3, 0.4) is 0 Å². The van der Waals surface area contributed by atoms with Gasteiger partial charge in [0.15, 0.2) is 0 Å². The number of aromatic nitrogens is 2. The molecule has 0 radical (unpaired) electrons. The molecule has 2 N–H and O–H groups in total. The number of methoxy groups -OCH3 is 1. The third-order valence-electron chi connectivity index (χ3n) is 5.22. The van der Waals surface area contributed by atoms with E-state index in [1.165, 1.54) is 18.2 Å². The van der Waals surface area contributed by atoms with Crippen LogP contribution in [0.2, 0.25) is 0 Å². The Kier molecular flexibility index (Phi) is 6.40. The first kappa shape index (κ1) is 23.1. The molecule has 8 heteroatoms. The summed E-state index contributed by atoms with van der Waals surface area (Å²) in [4.78, 5) is 8.00. The maximum atomic E-state index is 14.0. The first-order valence-electron chi connectivity index (χ1n) is 10.4. The maximum absolute atomic E-state index is 14.0. The first-order valence-corrected chi connectivity index (χ1v) is 10.4. The zero-order valence-electron chi connectivity index (χ0n) is 18.5. The van der Waals surface area contributed by atoms with Gasteiger partial charge in [-0.1, -0.05) is 66.2 Å². The maximum Gasteiger partial charge on any atom is 0.429 e. The third kappa shape index (κ3) is 5.28. The fourth-order valence-corrected chi connectivity index (χ4v) is 3.47. The summed E-state index contributed by atoms with van der Waals surface area (Å²) in [5, 5.41) is 0. The summed E-state index contributed by atoms with van der Waals surface area (Å²) in [6.45, 7) is 1.93. The van der Waals surface area contributed by atoms with Gasteiger partial charge in [-0.2, -0.15) is 18.2 Å². The van der Waals surface area contributed by atoms with Gasteiger partial charge in [0.1, 0.15) is 5.75 Å². The highest BCUT2D eigenvalue weighted by Crippen LogP contribution is 2.38. The predicted octanol–water partition coefficient (Wildman–Crippen LogP) is 6.39. The van der Waals surface area contributed by atoms with E-state index in [1.54, 1.807) is 37.4 Å². The Bertz CT molecular complexity index is 1270. The molecular formula is C26H22F3N3O2. The molecule has 3 aromatic carbocycles. The molecule has 1 heterocycles. The van der Waals surface area contributed by atoms with Crippen LogP contribution in [0.1, 0.15) is 17.2 Å². The Morgan fingerprint density at radius 3 is 2.15 bits per heavy atom. The molecule has 1 aromatic heterocycles. The van der Waals surface area contributed by atoms with Gasteiger partial charge in [-0.3, -0.25) is 0 Å². The fraction of sp³-hybridized carbons (Fsp3) is 0.154. The second kappa shape index (κ2) is 9.43. The summed E-state index contributed by atoms with van der Waals surface area (Å²) in [5.41, 5.74) is 9.37. The van der Waals surface area contributed by atoms with Crippen LogP contribution >= 0.6 is 0 Å². The van der Waals surface area contributed by atoms with E-state index < -0.39 is 12.3 Å². The van der Waals surface area contributed by atoms with Crippen LogP contribution in [0, 0.1) is 6.92 Å². The number of anilines is 1. The Morgan fingerprint density at radius 2 is 1.50 bits per heavy atom. The number of rotatable bonds is 6. The molecule has 4 rings (SSSR count). The van der Waals surface area contributed by atoms with Crippen LogP contribution in [0.15, 0.2) is 78.9 Å². The Morgan fingerprint density at radius 1 is 0.824 bits per heavy atom. The molecule has 0 aliphatic carbocycles. The SMILES string of the molecule is COc1cccc(-c2ccc([C@@H](Oc3cc(-c4ccc(C)cc4)nc(N)n3)C(F)(F)F)cc2)c1. The minimum Gasteiger partial charge on any atom is -0.497 e. The zero-order valence-corrected chi connectivity index (χ0v) is 18.5. The molecule has 1 atom stereocenters. The molecule has 0 bridgehead atoms. The van der Waals surface area contributed by atoms with E-state index in [9.17, 15) is 13.2 Å². The Labute approximate surface area is 195 Å². The van der Waals surface area contributed by atoms with Crippen molar-refractivity contribution in [1.29, 1.82) is 0 Å². The minimum atomic E-state index is -4.68. The van der Waals surface area contributed by atoms with Crippen LogP contribution in [0.5, 0.6) is 11.6 Å². The minimum absolute atomic E-state index is 0.0618. The highest BCUT2D eigenvalue weighted by atomic mass is 19.4. The van der Waals surface area contributed by atoms with Crippen molar-refractivity contribution in [2.75, 3.05) is 12.8 Å². The largest absolute Gasteiger partial charge is 0.497 e. The van der Waals surface area contributed by atoms with Crippen LogP contribution < -0.4 is 15.2 Å². The van der Waals surface area contributed by atoms with E-state index in [4.69, 9.17) is 15.2 Å². The number of nitrogens with zero attached hydrogens (tertiary/aromatic N) is 2. The molecule has 0 aliphatic heterocycles. The average Bonchev–Trinajstić information content (AvgIpc) is 2.82. The standard InChI is InChI=1S/C26H22F3N3O2/c1-16-6-8-18(9-7-16)22-15-23(32-25(30)31-22)34-24(26(27,28)29)19-12-10-17(11-13-19)20-4-3-5-21(14-20)33-2/h3-15,24H,1-2H3,(H2,30,31,32)/t24-/m1/s1. The van der Waals surface area contributed by atoms with Crippen molar-refractivity contribution in [3.05, 3.63) is 90.0 Å². The number of aryl methyl sites for hydroxylation is 1. The molecule has 0 unspecified atom stereocenters.